The van der Waals surface area contributed by atoms with E-state index in [0.717, 1.165) is 18.0 Å². The Morgan fingerprint density at radius 2 is 1.89 bits per heavy atom. The van der Waals surface area contributed by atoms with Crippen LogP contribution in [0.5, 0.6) is 5.75 Å². The highest BCUT2D eigenvalue weighted by Gasteiger charge is 2.07. The van der Waals surface area contributed by atoms with Crippen LogP contribution in [0.15, 0.2) is 48.5 Å². The van der Waals surface area contributed by atoms with Gasteiger partial charge in [0.15, 0.2) is 0 Å². The molecule has 1 unspecified atom stereocenters. The number of halogens is 1. The Kier molecular flexibility index (Phi) is 4.69. The zero-order chi connectivity index (χ0) is 13.7. The number of rotatable bonds is 5. The highest BCUT2D eigenvalue weighted by molar-refractivity contribution is 6.30. The fourth-order valence-corrected chi connectivity index (χ4v) is 2.15. The number of benzene rings is 2. The molecule has 19 heavy (non-hydrogen) atoms. The smallest absolute Gasteiger partial charge is 0.142 e. The Hall–Kier alpha value is -1.67. The summed E-state index contributed by atoms with van der Waals surface area (Å²) in [6.45, 7) is 3.03. The van der Waals surface area contributed by atoms with Gasteiger partial charge < -0.3 is 10.1 Å². The van der Waals surface area contributed by atoms with Crippen molar-refractivity contribution in [1.82, 2.24) is 0 Å². The van der Waals surface area contributed by atoms with Crippen molar-refractivity contribution in [3.8, 4) is 5.75 Å². The van der Waals surface area contributed by atoms with Crippen molar-refractivity contribution < 1.29 is 4.74 Å². The Balaban J connectivity index is 2.04. The monoisotopic (exact) mass is 275 g/mol. The molecule has 1 atom stereocenters. The third-order valence-electron chi connectivity index (χ3n) is 3.13. The van der Waals surface area contributed by atoms with Gasteiger partial charge in [-0.25, -0.2) is 0 Å². The van der Waals surface area contributed by atoms with Crippen LogP contribution in [0, 0.1) is 0 Å². The lowest BCUT2D eigenvalue weighted by Gasteiger charge is -2.16. The fraction of sp³-hybridized carbons (Fsp3) is 0.250. The minimum absolute atomic E-state index is 0.421. The van der Waals surface area contributed by atoms with E-state index in [1.807, 2.05) is 24.3 Å². The third-order valence-corrected chi connectivity index (χ3v) is 3.36. The predicted octanol–water partition coefficient (Wildman–Crippen LogP) is 4.56. The molecule has 0 saturated heterocycles. The molecule has 0 heterocycles. The average molecular weight is 276 g/mol. The van der Waals surface area contributed by atoms with E-state index in [1.165, 1.54) is 5.56 Å². The molecular weight excluding hydrogens is 258 g/mol. The summed E-state index contributed by atoms with van der Waals surface area (Å²) >= 11 is 6.01. The molecule has 0 aliphatic heterocycles. The van der Waals surface area contributed by atoms with Crippen molar-refractivity contribution in [3.63, 3.8) is 0 Å². The minimum Gasteiger partial charge on any atom is -0.495 e. The van der Waals surface area contributed by atoms with Gasteiger partial charge in [-0.1, -0.05) is 48.9 Å². The van der Waals surface area contributed by atoms with Gasteiger partial charge in [0, 0.05) is 11.6 Å². The Morgan fingerprint density at radius 1 is 1.16 bits per heavy atom. The predicted molar refractivity (Wildman–Crippen MR) is 81.4 cm³/mol. The van der Waals surface area contributed by atoms with Crippen molar-refractivity contribution in [2.45, 2.75) is 12.8 Å². The second-order valence-electron chi connectivity index (χ2n) is 4.54. The van der Waals surface area contributed by atoms with Crippen LogP contribution < -0.4 is 10.1 Å². The first-order valence-corrected chi connectivity index (χ1v) is 6.71. The summed E-state index contributed by atoms with van der Waals surface area (Å²) in [5, 5.41) is 4.10. The molecule has 0 aromatic heterocycles. The van der Waals surface area contributed by atoms with Gasteiger partial charge in [0.05, 0.1) is 12.8 Å². The summed E-state index contributed by atoms with van der Waals surface area (Å²) in [6, 6.07) is 16.0. The van der Waals surface area contributed by atoms with Gasteiger partial charge in [-0.15, -0.1) is 0 Å². The number of ether oxygens (including phenoxy) is 1. The largest absolute Gasteiger partial charge is 0.495 e. The van der Waals surface area contributed by atoms with Gasteiger partial charge in [-0.05, 0) is 29.7 Å². The summed E-state index contributed by atoms with van der Waals surface area (Å²) in [5.41, 5.74) is 2.24. The summed E-state index contributed by atoms with van der Waals surface area (Å²) in [4.78, 5) is 0. The molecule has 2 rings (SSSR count). The van der Waals surface area contributed by atoms with Gasteiger partial charge >= 0.3 is 0 Å². The van der Waals surface area contributed by atoms with Crippen molar-refractivity contribution >= 4 is 17.3 Å². The molecule has 1 N–H and O–H groups in total. The molecule has 0 aliphatic carbocycles. The Bertz CT molecular complexity index is 528. The number of hydrogen-bond acceptors (Lipinski definition) is 2. The van der Waals surface area contributed by atoms with Gasteiger partial charge in [0.1, 0.15) is 5.75 Å². The van der Waals surface area contributed by atoms with E-state index in [9.17, 15) is 0 Å². The van der Waals surface area contributed by atoms with Gasteiger partial charge in [-0.2, -0.15) is 0 Å². The van der Waals surface area contributed by atoms with Gasteiger partial charge in [0.25, 0.3) is 0 Å². The molecule has 2 aromatic carbocycles. The van der Waals surface area contributed by atoms with Crippen LogP contribution in [-0.2, 0) is 0 Å². The first kappa shape index (κ1) is 13.8. The van der Waals surface area contributed by atoms with Crippen LogP contribution >= 0.6 is 11.6 Å². The molecule has 0 aliphatic rings. The molecule has 0 spiro atoms. The van der Waals surface area contributed by atoms with E-state index in [2.05, 4.69) is 36.5 Å². The molecule has 2 aromatic rings. The van der Waals surface area contributed by atoms with Gasteiger partial charge in [-0.3, -0.25) is 0 Å². The van der Waals surface area contributed by atoms with Crippen molar-refractivity contribution in [2.24, 2.45) is 0 Å². The molecule has 0 saturated carbocycles. The van der Waals surface area contributed by atoms with Crippen LogP contribution in [0.25, 0.3) is 0 Å². The van der Waals surface area contributed by atoms with Crippen LogP contribution in [0.1, 0.15) is 18.4 Å². The van der Waals surface area contributed by atoms with E-state index in [0.29, 0.717) is 10.9 Å². The maximum Gasteiger partial charge on any atom is 0.142 e. The van der Waals surface area contributed by atoms with Crippen molar-refractivity contribution in [2.75, 3.05) is 19.0 Å². The van der Waals surface area contributed by atoms with Crippen LogP contribution in [0.4, 0.5) is 5.69 Å². The molecule has 100 valence electrons. The van der Waals surface area contributed by atoms with E-state index < -0.39 is 0 Å². The molecule has 0 amide bonds. The standard InChI is InChI=1S/C16H18ClNO/c1-12(13-6-4-3-5-7-13)11-18-15-10-14(17)8-9-16(15)19-2/h3-10,12,18H,11H2,1-2H3. The summed E-state index contributed by atoms with van der Waals surface area (Å²) < 4.78 is 5.32. The van der Waals surface area contributed by atoms with E-state index >= 15 is 0 Å². The molecule has 2 nitrogen and oxygen atoms in total. The van der Waals surface area contributed by atoms with Crippen molar-refractivity contribution in [3.05, 3.63) is 59.1 Å². The highest BCUT2D eigenvalue weighted by Crippen LogP contribution is 2.28. The zero-order valence-corrected chi connectivity index (χ0v) is 11.9. The van der Waals surface area contributed by atoms with Crippen molar-refractivity contribution in [1.29, 1.82) is 0 Å². The second kappa shape index (κ2) is 6.48. The second-order valence-corrected chi connectivity index (χ2v) is 4.97. The Morgan fingerprint density at radius 3 is 2.58 bits per heavy atom. The SMILES string of the molecule is COc1ccc(Cl)cc1NCC(C)c1ccccc1. The fourth-order valence-electron chi connectivity index (χ4n) is 1.98. The Labute approximate surface area is 119 Å². The summed E-state index contributed by atoms with van der Waals surface area (Å²) in [7, 11) is 1.66. The van der Waals surface area contributed by atoms with Crippen LogP contribution in [-0.4, -0.2) is 13.7 Å². The first-order chi connectivity index (χ1) is 9.20. The molecule has 0 bridgehead atoms. The average Bonchev–Trinajstić information content (AvgIpc) is 2.46. The number of anilines is 1. The zero-order valence-electron chi connectivity index (χ0n) is 11.2. The third kappa shape index (κ3) is 3.65. The maximum atomic E-state index is 6.01. The first-order valence-electron chi connectivity index (χ1n) is 6.33. The maximum absolute atomic E-state index is 6.01. The normalized spacial score (nSPS) is 11.9. The number of hydrogen-bond donors (Lipinski definition) is 1. The van der Waals surface area contributed by atoms with Crippen LogP contribution in [0.3, 0.4) is 0 Å². The summed E-state index contributed by atoms with van der Waals surface area (Å²) in [6.07, 6.45) is 0. The lowest BCUT2D eigenvalue weighted by Crippen LogP contribution is -2.10. The molecule has 0 fully saturated rings. The quantitative estimate of drug-likeness (QED) is 0.863. The highest BCUT2D eigenvalue weighted by atomic mass is 35.5. The van der Waals surface area contributed by atoms with Crippen LogP contribution in [0.2, 0.25) is 5.02 Å². The number of nitrogens with one attached hydrogen (secondary N) is 1. The van der Waals surface area contributed by atoms with E-state index in [-0.39, 0.29) is 0 Å². The minimum atomic E-state index is 0.421. The topological polar surface area (TPSA) is 21.3 Å². The number of methoxy groups -OCH3 is 1. The lowest BCUT2D eigenvalue weighted by atomic mass is 10.0. The summed E-state index contributed by atoms with van der Waals surface area (Å²) in [5.74, 6) is 1.23. The molecule has 3 heteroatoms. The van der Waals surface area contributed by atoms with E-state index in [1.54, 1.807) is 7.11 Å². The molecular formula is C16H18ClNO. The van der Waals surface area contributed by atoms with E-state index in [4.69, 9.17) is 16.3 Å². The molecule has 0 radical (unpaired) electrons. The van der Waals surface area contributed by atoms with Gasteiger partial charge in [0.2, 0.25) is 0 Å². The lowest BCUT2D eigenvalue weighted by molar-refractivity contribution is 0.416.